The third-order valence-electron chi connectivity index (χ3n) is 2.67. The molecule has 1 aromatic carbocycles. The summed E-state index contributed by atoms with van der Waals surface area (Å²) in [5.74, 6) is -0.501. The number of para-hydroxylation sites is 1. The molecule has 1 fully saturated rings. The molecule has 0 radical (unpaired) electrons. The van der Waals surface area contributed by atoms with Gasteiger partial charge in [0.15, 0.2) is 0 Å². The lowest BCUT2D eigenvalue weighted by Crippen LogP contribution is -2.42. The lowest BCUT2D eigenvalue weighted by atomic mass is 10.2. The molecule has 0 bridgehead atoms. The molecule has 0 aromatic heterocycles. The maximum Gasteiger partial charge on any atom is 0.252 e. The van der Waals surface area contributed by atoms with Crippen LogP contribution in [0.1, 0.15) is 13.8 Å². The van der Waals surface area contributed by atoms with E-state index in [1.54, 1.807) is 5.01 Å². The normalized spacial score (nSPS) is 20.4. The molecule has 4 heteroatoms. The lowest BCUT2D eigenvalue weighted by Gasteiger charge is -2.26. The van der Waals surface area contributed by atoms with Gasteiger partial charge in [-0.3, -0.25) is 14.6 Å². The summed E-state index contributed by atoms with van der Waals surface area (Å²) in [6.45, 7) is 3.80. The Morgan fingerprint density at radius 2 is 1.94 bits per heavy atom. The number of hydrogen-bond donors (Lipinski definition) is 0. The molecule has 16 heavy (non-hydrogen) atoms. The van der Waals surface area contributed by atoms with Crippen molar-refractivity contribution < 1.29 is 9.59 Å². The van der Waals surface area contributed by atoms with Gasteiger partial charge in [0.2, 0.25) is 5.91 Å². The quantitative estimate of drug-likeness (QED) is 0.716. The molecule has 4 nitrogen and oxygen atoms in total. The molecule has 2 amide bonds. The first-order valence-corrected chi connectivity index (χ1v) is 5.28. The summed E-state index contributed by atoms with van der Waals surface area (Å²) in [4.78, 5) is 23.2. The molecule has 1 atom stereocenters. The Kier molecular flexibility index (Phi) is 2.64. The summed E-state index contributed by atoms with van der Waals surface area (Å²) in [7, 11) is 0. The molecule has 0 spiro atoms. The van der Waals surface area contributed by atoms with Crippen molar-refractivity contribution in [2.75, 3.05) is 11.6 Å². The van der Waals surface area contributed by atoms with E-state index in [0.717, 1.165) is 5.69 Å². The summed E-state index contributed by atoms with van der Waals surface area (Å²) < 4.78 is 0. The molecular formula is C12H14N2O2. The molecule has 1 unspecified atom stereocenters. The Bertz CT molecular complexity index is 416. The summed E-state index contributed by atoms with van der Waals surface area (Å²) in [6.07, 6.45) is 0. The predicted octanol–water partition coefficient (Wildman–Crippen LogP) is 1.43. The predicted molar refractivity (Wildman–Crippen MR) is 60.5 cm³/mol. The Balaban J connectivity index is 2.34. The molecule has 1 aliphatic rings. The zero-order chi connectivity index (χ0) is 11.7. The highest BCUT2D eigenvalue weighted by Gasteiger charge is 2.37. The van der Waals surface area contributed by atoms with Gasteiger partial charge in [-0.15, -0.1) is 0 Å². The summed E-state index contributed by atoms with van der Waals surface area (Å²) in [6, 6.07) is 9.47. The smallest absolute Gasteiger partial charge is 0.252 e. The second-order valence-corrected chi connectivity index (χ2v) is 3.99. The van der Waals surface area contributed by atoms with Crippen LogP contribution in [-0.4, -0.2) is 23.4 Å². The monoisotopic (exact) mass is 218 g/mol. The second-order valence-electron chi connectivity index (χ2n) is 3.99. The van der Waals surface area contributed by atoms with E-state index >= 15 is 0 Å². The van der Waals surface area contributed by atoms with Crippen molar-refractivity contribution in [3.63, 3.8) is 0 Å². The Morgan fingerprint density at radius 3 is 2.50 bits per heavy atom. The van der Waals surface area contributed by atoms with Gasteiger partial charge < -0.3 is 0 Å². The van der Waals surface area contributed by atoms with Gasteiger partial charge in [-0.1, -0.05) is 25.1 Å². The van der Waals surface area contributed by atoms with E-state index in [2.05, 4.69) is 0 Å². The second kappa shape index (κ2) is 3.96. The van der Waals surface area contributed by atoms with Crippen LogP contribution in [0.3, 0.4) is 0 Å². The summed E-state index contributed by atoms with van der Waals surface area (Å²) >= 11 is 0. The minimum Gasteiger partial charge on any atom is -0.275 e. The first kappa shape index (κ1) is 10.7. The first-order valence-electron chi connectivity index (χ1n) is 5.28. The van der Waals surface area contributed by atoms with Gasteiger partial charge in [-0.05, 0) is 12.1 Å². The van der Waals surface area contributed by atoms with Crippen LogP contribution in [0.25, 0.3) is 0 Å². The highest BCUT2D eigenvalue weighted by atomic mass is 16.2. The summed E-state index contributed by atoms with van der Waals surface area (Å²) in [5, 5.41) is 2.95. The SMILES string of the molecule is CC(=O)N1C(=O)C(C)CN1c1ccccc1. The number of imide groups is 1. The van der Waals surface area contributed by atoms with Crippen molar-refractivity contribution in [2.24, 2.45) is 5.92 Å². The molecule has 1 aromatic rings. The fourth-order valence-electron chi connectivity index (χ4n) is 1.89. The Labute approximate surface area is 94.4 Å². The van der Waals surface area contributed by atoms with Gasteiger partial charge in [0, 0.05) is 6.92 Å². The van der Waals surface area contributed by atoms with E-state index in [1.807, 2.05) is 37.3 Å². The number of hydrazine groups is 1. The van der Waals surface area contributed by atoms with E-state index in [1.165, 1.54) is 11.9 Å². The van der Waals surface area contributed by atoms with Crippen LogP contribution in [0.5, 0.6) is 0 Å². The van der Waals surface area contributed by atoms with Crippen LogP contribution in [0, 0.1) is 5.92 Å². The Hall–Kier alpha value is -1.84. The number of nitrogens with zero attached hydrogens (tertiary/aromatic N) is 2. The van der Waals surface area contributed by atoms with Gasteiger partial charge in [0.25, 0.3) is 5.91 Å². The van der Waals surface area contributed by atoms with Crippen molar-refractivity contribution in [1.29, 1.82) is 0 Å². The van der Waals surface area contributed by atoms with Crippen LogP contribution >= 0.6 is 0 Å². The van der Waals surface area contributed by atoms with Crippen LogP contribution in [-0.2, 0) is 9.59 Å². The zero-order valence-corrected chi connectivity index (χ0v) is 9.38. The number of anilines is 1. The van der Waals surface area contributed by atoms with Gasteiger partial charge in [-0.2, -0.15) is 5.01 Å². The minimum absolute atomic E-state index is 0.128. The maximum atomic E-state index is 11.8. The van der Waals surface area contributed by atoms with E-state index in [4.69, 9.17) is 0 Å². The summed E-state index contributed by atoms with van der Waals surface area (Å²) in [5.41, 5.74) is 0.871. The largest absolute Gasteiger partial charge is 0.275 e. The maximum absolute atomic E-state index is 11.8. The average molecular weight is 218 g/mol. The molecule has 0 N–H and O–H groups in total. The molecule has 0 saturated carbocycles. The third kappa shape index (κ3) is 1.66. The van der Waals surface area contributed by atoms with Crippen molar-refractivity contribution >= 4 is 17.5 Å². The van der Waals surface area contributed by atoms with Crippen molar-refractivity contribution in [3.8, 4) is 0 Å². The van der Waals surface area contributed by atoms with Crippen LogP contribution < -0.4 is 5.01 Å². The number of benzene rings is 1. The fraction of sp³-hybridized carbons (Fsp3) is 0.333. The minimum atomic E-state index is -0.238. The zero-order valence-electron chi connectivity index (χ0n) is 9.38. The Morgan fingerprint density at radius 1 is 1.31 bits per heavy atom. The number of carbonyl (C=O) groups excluding carboxylic acids is 2. The molecule has 84 valence electrons. The van der Waals surface area contributed by atoms with E-state index < -0.39 is 0 Å². The van der Waals surface area contributed by atoms with E-state index in [0.29, 0.717) is 6.54 Å². The topological polar surface area (TPSA) is 40.6 Å². The number of hydrogen-bond acceptors (Lipinski definition) is 3. The van der Waals surface area contributed by atoms with Crippen molar-refractivity contribution in [1.82, 2.24) is 5.01 Å². The average Bonchev–Trinajstić information content (AvgIpc) is 2.57. The molecule has 1 heterocycles. The van der Waals surface area contributed by atoms with Gasteiger partial charge in [0.05, 0.1) is 18.2 Å². The molecule has 1 aliphatic heterocycles. The van der Waals surface area contributed by atoms with Crippen molar-refractivity contribution in [2.45, 2.75) is 13.8 Å². The number of amides is 2. The molecule has 0 aliphatic carbocycles. The van der Waals surface area contributed by atoms with Gasteiger partial charge in [0.1, 0.15) is 0 Å². The van der Waals surface area contributed by atoms with Crippen LogP contribution in [0.15, 0.2) is 30.3 Å². The van der Waals surface area contributed by atoms with E-state index in [-0.39, 0.29) is 17.7 Å². The highest BCUT2D eigenvalue weighted by molar-refractivity contribution is 5.99. The third-order valence-corrected chi connectivity index (χ3v) is 2.67. The highest BCUT2D eigenvalue weighted by Crippen LogP contribution is 2.25. The molecule has 1 saturated heterocycles. The molecule has 2 rings (SSSR count). The first-order chi connectivity index (χ1) is 7.61. The van der Waals surface area contributed by atoms with Gasteiger partial charge >= 0.3 is 0 Å². The lowest BCUT2D eigenvalue weighted by molar-refractivity contribution is -0.142. The standard InChI is InChI=1S/C12H14N2O2/c1-9-8-13(11-6-4-3-5-7-11)14(10(2)15)12(9)16/h3-7,9H,8H2,1-2H3. The van der Waals surface area contributed by atoms with Crippen LogP contribution in [0.4, 0.5) is 5.69 Å². The van der Waals surface area contributed by atoms with Crippen molar-refractivity contribution in [3.05, 3.63) is 30.3 Å². The number of rotatable bonds is 1. The van der Waals surface area contributed by atoms with Crippen LogP contribution in [0.2, 0.25) is 0 Å². The fourth-order valence-corrected chi connectivity index (χ4v) is 1.89. The number of carbonyl (C=O) groups is 2. The van der Waals surface area contributed by atoms with E-state index in [9.17, 15) is 9.59 Å². The molecular weight excluding hydrogens is 204 g/mol. The van der Waals surface area contributed by atoms with Gasteiger partial charge in [-0.25, -0.2) is 0 Å².